The highest BCUT2D eigenvalue weighted by molar-refractivity contribution is 7.11. The maximum atomic E-state index is 11.7. The van der Waals surface area contributed by atoms with Crippen molar-refractivity contribution in [1.82, 2.24) is 10.3 Å². The van der Waals surface area contributed by atoms with Gasteiger partial charge in [0.2, 0.25) is 5.78 Å². The molecular formula is C11H17N3OS. The van der Waals surface area contributed by atoms with Crippen LogP contribution in [0.2, 0.25) is 0 Å². The van der Waals surface area contributed by atoms with Gasteiger partial charge in [0, 0.05) is 23.7 Å². The summed E-state index contributed by atoms with van der Waals surface area (Å²) in [7, 11) is 0. The van der Waals surface area contributed by atoms with Gasteiger partial charge in [-0.05, 0) is 12.8 Å². The van der Waals surface area contributed by atoms with Crippen LogP contribution in [0, 0.1) is 0 Å². The van der Waals surface area contributed by atoms with Crippen molar-refractivity contribution in [2.24, 2.45) is 5.73 Å². The third-order valence-electron chi connectivity index (χ3n) is 3.02. The number of nitrogens with zero attached hydrogens (tertiary/aromatic N) is 1. The number of thiazole rings is 1. The maximum absolute atomic E-state index is 11.7. The SMILES string of the molecule is N[C@@H]1CCCC[C@H]1NCC(=O)c1nccs1. The molecule has 1 fully saturated rings. The number of nitrogens with two attached hydrogens (primary N) is 1. The number of carbonyl (C=O) groups excluding carboxylic acids is 1. The number of carbonyl (C=O) groups is 1. The lowest BCUT2D eigenvalue weighted by atomic mass is 9.91. The Kier molecular flexibility index (Phi) is 4.04. The number of nitrogens with one attached hydrogen (secondary N) is 1. The van der Waals surface area contributed by atoms with Crippen LogP contribution in [-0.4, -0.2) is 29.4 Å². The summed E-state index contributed by atoms with van der Waals surface area (Å²) in [5.41, 5.74) is 6.00. The molecule has 1 aromatic rings. The van der Waals surface area contributed by atoms with E-state index < -0.39 is 0 Å². The standard InChI is InChI=1S/C11H17N3OS/c12-8-3-1-2-4-9(8)14-7-10(15)11-13-5-6-16-11/h5-6,8-9,14H,1-4,7,12H2/t8-,9-/m1/s1. The molecule has 1 aliphatic carbocycles. The summed E-state index contributed by atoms with van der Waals surface area (Å²) in [6, 6.07) is 0.482. The second-order valence-electron chi connectivity index (χ2n) is 4.20. The average Bonchev–Trinajstić information content (AvgIpc) is 2.81. The van der Waals surface area contributed by atoms with Crippen molar-refractivity contribution in [2.45, 2.75) is 37.8 Å². The van der Waals surface area contributed by atoms with Crippen molar-refractivity contribution in [1.29, 1.82) is 0 Å². The molecule has 16 heavy (non-hydrogen) atoms. The molecule has 0 aromatic carbocycles. The summed E-state index contributed by atoms with van der Waals surface area (Å²) >= 11 is 1.39. The van der Waals surface area contributed by atoms with Gasteiger partial charge in [0.25, 0.3) is 0 Å². The van der Waals surface area contributed by atoms with Gasteiger partial charge < -0.3 is 11.1 Å². The van der Waals surface area contributed by atoms with E-state index in [9.17, 15) is 4.79 Å². The smallest absolute Gasteiger partial charge is 0.205 e. The van der Waals surface area contributed by atoms with Gasteiger partial charge in [0.05, 0.1) is 6.54 Å². The van der Waals surface area contributed by atoms with Crippen molar-refractivity contribution in [3.63, 3.8) is 0 Å². The lowest BCUT2D eigenvalue weighted by Crippen LogP contribution is -2.48. The number of Topliss-reactive ketones (excluding diaryl/α,β-unsaturated/α-hetero) is 1. The molecular weight excluding hydrogens is 222 g/mol. The Balaban J connectivity index is 1.80. The molecule has 4 nitrogen and oxygen atoms in total. The van der Waals surface area contributed by atoms with Crippen LogP contribution in [0.15, 0.2) is 11.6 Å². The van der Waals surface area contributed by atoms with E-state index in [0.717, 1.165) is 12.8 Å². The van der Waals surface area contributed by atoms with Gasteiger partial charge in [-0.15, -0.1) is 11.3 Å². The Morgan fingerprint density at radius 3 is 3.06 bits per heavy atom. The molecule has 0 amide bonds. The molecule has 2 rings (SSSR count). The highest BCUT2D eigenvalue weighted by Crippen LogP contribution is 2.16. The van der Waals surface area contributed by atoms with Gasteiger partial charge in [-0.25, -0.2) is 4.98 Å². The predicted octanol–water partition coefficient (Wildman–Crippen LogP) is 1.19. The Morgan fingerprint density at radius 1 is 1.56 bits per heavy atom. The second-order valence-corrected chi connectivity index (χ2v) is 5.09. The molecule has 2 atom stereocenters. The fourth-order valence-electron chi connectivity index (χ4n) is 2.07. The number of ketones is 1. The molecule has 5 heteroatoms. The van der Waals surface area contributed by atoms with Gasteiger partial charge in [-0.2, -0.15) is 0 Å². The van der Waals surface area contributed by atoms with Crippen molar-refractivity contribution in [2.75, 3.05) is 6.54 Å². The zero-order chi connectivity index (χ0) is 11.4. The summed E-state index contributed by atoms with van der Waals surface area (Å²) in [5, 5.41) is 5.65. The van der Waals surface area contributed by atoms with Crippen LogP contribution in [-0.2, 0) is 0 Å². The molecule has 0 aliphatic heterocycles. The molecule has 0 spiro atoms. The molecule has 88 valence electrons. The first-order valence-corrected chi connectivity index (χ1v) is 6.57. The minimum atomic E-state index is 0.0628. The lowest BCUT2D eigenvalue weighted by Gasteiger charge is -2.29. The Bertz CT molecular complexity index is 339. The van der Waals surface area contributed by atoms with Gasteiger partial charge >= 0.3 is 0 Å². The van der Waals surface area contributed by atoms with E-state index in [1.54, 1.807) is 6.20 Å². The predicted molar refractivity (Wildman–Crippen MR) is 64.7 cm³/mol. The van der Waals surface area contributed by atoms with Crippen molar-refractivity contribution in [3.05, 3.63) is 16.6 Å². The summed E-state index contributed by atoms with van der Waals surface area (Å²) in [6.07, 6.45) is 6.20. The first kappa shape index (κ1) is 11.7. The van der Waals surface area contributed by atoms with Crippen LogP contribution in [0.3, 0.4) is 0 Å². The van der Waals surface area contributed by atoms with E-state index in [4.69, 9.17) is 5.73 Å². The molecule has 3 N–H and O–H groups in total. The highest BCUT2D eigenvalue weighted by atomic mass is 32.1. The number of hydrogen-bond donors (Lipinski definition) is 2. The highest BCUT2D eigenvalue weighted by Gasteiger charge is 2.22. The van der Waals surface area contributed by atoms with Crippen molar-refractivity contribution < 1.29 is 4.79 Å². The van der Waals surface area contributed by atoms with E-state index in [1.165, 1.54) is 24.2 Å². The largest absolute Gasteiger partial charge is 0.326 e. The summed E-state index contributed by atoms with van der Waals surface area (Å²) in [5.74, 6) is 0.0628. The topological polar surface area (TPSA) is 68.0 Å². The van der Waals surface area contributed by atoms with Crippen LogP contribution >= 0.6 is 11.3 Å². The number of aromatic nitrogens is 1. The molecule has 1 aliphatic rings. The van der Waals surface area contributed by atoms with Crippen LogP contribution < -0.4 is 11.1 Å². The monoisotopic (exact) mass is 239 g/mol. The van der Waals surface area contributed by atoms with E-state index >= 15 is 0 Å². The number of hydrogen-bond acceptors (Lipinski definition) is 5. The minimum Gasteiger partial charge on any atom is -0.326 e. The van der Waals surface area contributed by atoms with Crippen molar-refractivity contribution >= 4 is 17.1 Å². The van der Waals surface area contributed by atoms with E-state index in [1.807, 2.05) is 5.38 Å². The zero-order valence-corrected chi connectivity index (χ0v) is 10.0. The lowest BCUT2D eigenvalue weighted by molar-refractivity contribution is 0.0983. The van der Waals surface area contributed by atoms with E-state index in [2.05, 4.69) is 10.3 Å². The Labute approximate surface area is 99.3 Å². The minimum absolute atomic E-state index is 0.0628. The summed E-state index contributed by atoms with van der Waals surface area (Å²) in [4.78, 5) is 15.7. The molecule has 1 aromatic heterocycles. The molecule has 1 saturated carbocycles. The molecule has 0 radical (unpaired) electrons. The van der Waals surface area contributed by atoms with Crippen LogP contribution in [0.5, 0.6) is 0 Å². The molecule has 1 heterocycles. The zero-order valence-electron chi connectivity index (χ0n) is 9.19. The summed E-state index contributed by atoms with van der Waals surface area (Å²) in [6.45, 7) is 0.353. The third-order valence-corrected chi connectivity index (χ3v) is 3.83. The summed E-state index contributed by atoms with van der Waals surface area (Å²) < 4.78 is 0. The van der Waals surface area contributed by atoms with Crippen molar-refractivity contribution in [3.8, 4) is 0 Å². The van der Waals surface area contributed by atoms with E-state index in [-0.39, 0.29) is 17.9 Å². The normalized spacial score (nSPS) is 25.6. The van der Waals surface area contributed by atoms with Crippen LogP contribution in [0.25, 0.3) is 0 Å². The fourth-order valence-corrected chi connectivity index (χ4v) is 2.65. The maximum Gasteiger partial charge on any atom is 0.205 e. The number of rotatable bonds is 4. The van der Waals surface area contributed by atoms with Crippen LogP contribution in [0.4, 0.5) is 0 Å². The molecule has 0 unspecified atom stereocenters. The van der Waals surface area contributed by atoms with Gasteiger partial charge in [0.1, 0.15) is 0 Å². The second kappa shape index (κ2) is 5.52. The first-order chi connectivity index (χ1) is 7.77. The van der Waals surface area contributed by atoms with E-state index in [0.29, 0.717) is 11.6 Å². The van der Waals surface area contributed by atoms with Gasteiger partial charge in [-0.3, -0.25) is 4.79 Å². The Hall–Kier alpha value is -0.780. The molecule has 0 bridgehead atoms. The molecule has 0 saturated heterocycles. The fraction of sp³-hybridized carbons (Fsp3) is 0.636. The Morgan fingerprint density at radius 2 is 2.38 bits per heavy atom. The van der Waals surface area contributed by atoms with Gasteiger partial charge in [-0.1, -0.05) is 12.8 Å². The third kappa shape index (κ3) is 2.87. The van der Waals surface area contributed by atoms with Crippen LogP contribution in [0.1, 0.15) is 35.5 Å². The average molecular weight is 239 g/mol. The quantitative estimate of drug-likeness (QED) is 0.774. The first-order valence-electron chi connectivity index (χ1n) is 5.69. The van der Waals surface area contributed by atoms with Gasteiger partial charge in [0.15, 0.2) is 5.01 Å².